The molecule has 0 fully saturated rings. The number of thiophene rings is 1. The van der Waals surface area contributed by atoms with Crippen LogP contribution in [0.2, 0.25) is 0 Å². The van der Waals surface area contributed by atoms with E-state index in [0.29, 0.717) is 0 Å². The van der Waals surface area contributed by atoms with Crippen LogP contribution in [-0.2, 0) is 5.33 Å². The zero-order chi connectivity index (χ0) is 10.1. The van der Waals surface area contributed by atoms with E-state index in [2.05, 4.69) is 40.7 Å². The normalized spacial score (nSPS) is 10.8. The molecule has 1 aromatic heterocycles. The summed E-state index contributed by atoms with van der Waals surface area (Å²) in [5.41, 5.74) is 0. The fourth-order valence-corrected chi connectivity index (χ4v) is 3.24. The van der Waals surface area contributed by atoms with Crippen LogP contribution < -0.4 is 4.74 Å². The van der Waals surface area contributed by atoms with Crippen molar-refractivity contribution in [2.45, 2.75) is 10.2 Å². The number of alkyl halides is 1. The molecule has 1 aromatic carbocycles. The van der Waals surface area contributed by atoms with Crippen molar-refractivity contribution in [3.8, 4) is 5.75 Å². The monoisotopic (exact) mass is 288 g/mol. The van der Waals surface area contributed by atoms with Crippen molar-refractivity contribution >= 4 is 50.0 Å². The first-order valence-corrected chi connectivity index (χ1v) is 6.49. The first-order valence-electron chi connectivity index (χ1n) is 4.10. The van der Waals surface area contributed by atoms with E-state index >= 15 is 0 Å². The van der Waals surface area contributed by atoms with Crippen molar-refractivity contribution in [3.63, 3.8) is 0 Å². The molecule has 14 heavy (non-hydrogen) atoms. The molecule has 0 N–H and O–H groups in total. The van der Waals surface area contributed by atoms with Gasteiger partial charge in [-0.1, -0.05) is 15.9 Å². The summed E-state index contributed by atoms with van der Waals surface area (Å²) in [6.07, 6.45) is 0. The van der Waals surface area contributed by atoms with Gasteiger partial charge in [0.15, 0.2) is 0 Å². The lowest BCUT2D eigenvalue weighted by molar-refractivity contribution is 0.406. The van der Waals surface area contributed by atoms with Crippen LogP contribution in [0.4, 0.5) is 0 Å². The van der Waals surface area contributed by atoms with Crippen molar-refractivity contribution in [2.24, 2.45) is 0 Å². The number of fused-ring (bicyclic) bond motifs is 1. The van der Waals surface area contributed by atoms with Gasteiger partial charge < -0.3 is 4.74 Å². The quantitative estimate of drug-likeness (QED) is 0.647. The average Bonchev–Trinajstić information content (AvgIpc) is 2.62. The van der Waals surface area contributed by atoms with E-state index in [9.17, 15) is 0 Å². The lowest BCUT2D eigenvalue weighted by Crippen LogP contribution is -1.83. The molecule has 0 bridgehead atoms. The molecular formula is C10H9BrOS2. The molecule has 0 saturated heterocycles. The highest BCUT2D eigenvalue weighted by Crippen LogP contribution is 2.37. The van der Waals surface area contributed by atoms with Gasteiger partial charge in [-0.3, -0.25) is 0 Å². The summed E-state index contributed by atoms with van der Waals surface area (Å²) in [5, 5.41) is 2.12. The van der Waals surface area contributed by atoms with Crippen LogP contribution in [0.5, 0.6) is 5.75 Å². The van der Waals surface area contributed by atoms with Crippen molar-refractivity contribution in [1.29, 1.82) is 0 Å². The Morgan fingerprint density at radius 3 is 2.93 bits per heavy atom. The minimum absolute atomic E-state index is 0.837. The summed E-state index contributed by atoms with van der Waals surface area (Å²) >= 11 is 9.67. The molecule has 1 nitrogen and oxygen atoms in total. The van der Waals surface area contributed by atoms with Crippen molar-refractivity contribution < 1.29 is 4.74 Å². The van der Waals surface area contributed by atoms with Crippen molar-refractivity contribution in [2.75, 3.05) is 7.11 Å². The Morgan fingerprint density at radius 2 is 2.29 bits per heavy atom. The van der Waals surface area contributed by atoms with E-state index in [1.807, 2.05) is 6.07 Å². The average molecular weight is 289 g/mol. The predicted molar refractivity (Wildman–Crippen MR) is 68.3 cm³/mol. The Hall–Kier alpha value is -0.190. The summed E-state index contributed by atoms with van der Waals surface area (Å²) in [5.74, 6) is 0.837. The summed E-state index contributed by atoms with van der Waals surface area (Å²) in [7, 11) is 1.67. The molecular weight excluding hydrogens is 280 g/mol. The van der Waals surface area contributed by atoms with Gasteiger partial charge in [0.25, 0.3) is 0 Å². The highest BCUT2D eigenvalue weighted by Gasteiger charge is 2.07. The van der Waals surface area contributed by atoms with Gasteiger partial charge in [-0.25, -0.2) is 0 Å². The molecule has 2 aromatic rings. The minimum Gasteiger partial charge on any atom is -0.496 e. The van der Waals surface area contributed by atoms with Gasteiger partial charge in [0.05, 0.1) is 16.7 Å². The number of rotatable bonds is 2. The van der Waals surface area contributed by atoms with Gasteiger partial charge in [-0.2, -0.15) is 0 Å². The number of benzene rings is 1. The molecule has 0 spiro atoms. The fraction of sp³-hybridized carbons (Fsp3) is 0.200. The SMILES string of the molecule is COc1ccc2cc(CBr)sc2c1S. The third-order valence-corrected chi connectivity index (χ3v) is 4.77. The molecule has 1 heterocycles. The van der Waals surface area contributed by atoms with E-state index in [-0.39, 0.29) is 0 Å². The second kappa shape index (κ2) is 4.13. The molecule has 74 valence electrons. The van der Waals surface area contributed by atoms with E-state index in [0.717, 1.165) is 16.0 Å². The molecule has 0 saturated carbocycles. The maximum absolute atomic E-state index is 5.21. The maximum Gasteiger partial charge on any atom is 0.133 e. The molecule has 2 rings (SSSR count). The zero-order valence-electron chi connectivity index (χ0n) is 7.58. The Balaban J connectivity index is 2.68. The van der Waals surface area contributed by atoms with Crippen molar-refractivity contribution in [3.05, 3.63) is 23.1 Å². The first kappa shape index (κ1) is 10.3. The molecule has 0 aliphatic heterocycles. The maximum atomic E-state index is 5.21. The molecule has 0 radical (unpaired) electrons. The second-order valence-electron chi connectivity index (χ2n) is 2.88. The Bertz CT molecular complexity index is 464. The summed E-state index contributed by atoms with van der Waals surface area (Å²) in [4.78, 5) is 2.24. The van der Waals surface area contributed by atoms with E-state index in [4.69, 9.17) is 4.74 Å². The van der Waals surface area contributed by atoms with Crippen LogP contribution in [0, 0.1) is 0 Å². The standard InChI is InChI=1S/C10H9BrOS2/c1-12-8-3-2-6-4-7(5-11)14-10(6)9(8)13/h2-4,13H,5H2,1H3. The van der Waals surface area contributed by atoms with Crippen LogP contribution in [0.25, 0.3) is 10.1 Å². The Labute approximate surface area is 101 Å². The van der Waals surface area contributed by atoms with Gasteiger partial charge in [-0.05, 0) is 23.6 Å². The van der Waals surface area contributed by atoms with Crippen LogP contribution >= 0.6 is 39.9 Å². The van der Waals surface area contributed by atoms with Crippen molar-refractivity contribution in [1.82, 2.24) is 0 Å². The molecule has 4 heteroatoms. The third kappa shape index (κ3) is 1.66. The molecule has 0 aliphatic rings. The van der Waals surface area contributed by atoms with Gasteiger partial charge in [0.2, 0.25) is 0 Å². The van der Waals surface area contributed by atoms with Gasteiger partial charge in [0.1, 0.15) is 5.75 Å². The Kier molecular flexibility index (Phi) is 3.04. The number of thiol groups is 1. The van der Waals surface area contributed by atoms with Crippen LogP contribution in [-0.4, -0.2) is 7.11 Å². The second-order valence-corrected chi connectivity index (χ2v) is 5.03. The third-order valence-electron chi connectivity index (χ3n) is 2.03. The van der Waals surface area contributed by atoms with Crippen LogP contribution in [0.1, 0.15) is 4.88 Å². The smallest absolute Gasteiger partial charge is 0.133 e. The van der Waals surface area contributed by atoms with Crippen LogP contribution in [0.3, 0.4) is 0 Å². The van der Waals surface area contributed by atoms with Gasteiger partial charge >= 0.3 is 0 Å². The Morgan fingerprint density at radius 1 is 1.50 bits per heavy atom. The molecule has 0 amide bonds. The van der Waals surface area contributed by atoms with Gasteiger partial charge in [-0.15, -0.1) is 24.0 Å². The van der Waals surface area contributed by atoms with E-state index in [1.165, 1.54) is 15.0 Å². The summed E-state index contributed by atoms with van der Waals surface area (Å²) in [6.45, 7) is 0. The highest BCUT2D eigenvalue weighted by atomic mass is 79.9. The molecule has 0 atom stereocenters. The number of ether oxygens (including phenoxy) is 1. The number of hydrogen-bond donors (Lipinski definition) is 1. The molecule has 0 unspecified atom stereocenters. The zero-order valence-corrected chi connectivity index (χ0v) is 10.9. The fourth-order valence-electron chi connectivity index (χ4n) is 1.35. The number of methoxy groups -OCH3 is 1. The topological polar surface area (TPSA) is 9.23 Å². The predicted octanol–water partition coefficient (Wildman–Crippen LogP) is 4.09. The highest BCUT2D eigenvalue weighted by molar-refractivity contribution is 9.08. The number of hydrogen-bond acceptors (Lipinski definition) is 3. The summed E-state index contributed by atoms with van der Waals surface area (Å²) in [6, 6.07) is 6.19. The van der Waals surface area contributed by atoms with E-state index in [1.54, 1.807) is 18.4 Å². The largest absolute Gasteiger partial charge is 0.496 e. The van der Waals surface area contributed by atoms with E-state index < -0.39 is 0 Å². The number of halogens is 1. The van der Waals surface area contributed by atoms with Crippen LogP contribution in [0.15, 0.2) is 23.1 Å². The molecule has 0 aliphatic carbocycles. The lowest BCUT2D eigenvalue weighted by Gasteiger charge is -2.03. The summed E-state index contributed by atoms with van der Waals surface area (Å²) < 4.78 is 6.41. The first-order chi connectivity index (χ1) is 6.76. The minimum atomic E-state index is 0.837. The van der Waals surface area contributed by atoms with Gasteiger partial charge in [0, 0.05) is 10.2 Å². The lowest BCUT2D eigenvalue weighted by atomic mass is 10.2.